The monoisotopic (exact) mass is 890 g/mol. The van der Waals surface area contributed by atoms with E-state index in [4.69, 9.17) is 14.2 Å². The Balaban J connectivity index is 1.23. The van der Waals surface area contributed by atoms with Crippen LogP contribution in [0.25, 0.3) is 11.6 Å². The second kappa shape index (κ2) is 15.6. The Kier molecular flexibility index (Phi) is 10.9. The number of imide groups is 1. The number of para-hydroxylation sites is 1. The van der Waals surface area contributed by atoms with Gasteiger partial charge in [-0.15, -0.1) is 0 Å². The molecule has 2 aliphatic heterocycles. The van der Waals surface area contributed by atoms with Crippen molar-refractivity contribution in [1.29, 1.82) is 0 Å². The summed E-state index contributed by atoms with van der Waals surface area (Å²) >= 11 is 2.01. The third-order valence-electron chi connectivity index (χ3n) is 10.3. The number of halogens is 7. The number of aromatic nitrogens is 1. The van der Waals surface area contributed by atoms with E-state index < -0.39 is 64.8 Å². The second-order valence-electron chi connectivity index (χ2n) is 13.7. The van der Waals surface area contributed by atoms with Gasteiger partial charge in [0, 0.05) is 12.1 Å². The number of alkyl halides is 6. The summed E-state index contributed by atoms with van der Waals surface area (Å²) in [7, 11) is 1.45. The zero-order valence-corrected chi connectivity index (χ0v) is 31.7. The molecule has 0 radical (unpaired) electrons. The zero-order valence-electron chi connectivity index (χ0n) is 29.5. The molecule has 292 valence electrons. The fourth-order valence-electron chi connectivity index (χ4n) is 7.76. The molecule has 2 amide bonds. The van der Waals surface area contributed by atoms with Crippen LogP contribution < -0.4 is 14.4 Å². The van der Waals surface area contributed by atoms with E-state index in [9.17, 15) is 41.0 Å². The van der Waals surface area contributed by atoms with Crippen molar-refractivity contribution in [3.05, 3.63) is 122 Å². The number of phenols is 1. The number of hydrogen-bond acceptors (Lipinski definition) is 7. The molecule has 1 aromatic heterocycles. The van der Waals surface area contributed by atoms with Crippen molar-refractivity contribution in [2.45, 2.75) is 37.7 Å². The summed E-state index contributed by atoms with van der Waals surface area (Å²) in [6.07, 6.45) is -6.54. The number of fused-ring (bicyclic) bond motifs is 3. The number of anilines is 1. The van der Waals surface area contributed by atoms with Crippen molar-refractivity contribution in [3.63, 3.8) is 0 Å². The van der Waals surface area contributed by atoms with E-state index in [0.29, 0.717) is 56.2 Å². The maximum atomic E-state index is 14.2. The number of rotatable bonds is 10. The topological polar surface area (TPSA) is 98.2 Å². The second-order valence-corrected chi connectivity index (χ2v) is 14.8. The third kappa shape index (κ3) is 7.88. The van der Waals surface area contributed by atoms with Gasteiger partial charge < -0.3 is 19.3 Å². The number of hydrogen-bond donors (Lipinski definition) is 1. The fraction of sp³-hybridized carbons (Fsp3) is 0.293. The van der Waals surface area contributed by atoms with Crippen LogP contribution in [0, 0.1) is 21.3 Å². The van der Waals surface area contributed by atoms with Crippen molar-refractivity contribution < 1.29 is 55.2 Å². The molecule has 3 aliphatic rings. The van der Waals surface area contributed by atoms with Gasteiger partial charge in [-0.2, -0.15) is 26.3 Å². The number of ether oxygens (including phenoxy) is 3. The third-order valence-corrected chi connectivity index (χ3v) is 11.1. The highest BCUT2D eigenvalue weighted by Gasteiger charge is 2.58. The van der Waals surface area contributed by atoms with E-state index >= 15 is 0 Å². The standard InChI is InChI=1S/C41H33F6IN2O6/c1-54-34-15-22(14-31(48)37(34)51)13-23(32-9-5-6-12-49-32)10-11-33-35-24(20-55-28-7-3-2-4-8-28)16-29-36(30(35)21-56-33)39(53)50(38(29)52)27-18-25(40(42,43)44)17-26(19-27)41(45,46)47/h2-9,12-15,17-19,29-30,33,36,51H,10-11,16,20-21H2,1H3/b23-13-/t29-,30+,33-,36-/m1/s1. The Morgan fingerprint density at radius 2 is 1.64 bits per heavy atom. The highest BCUT2D eigenvalue weighted by Crippen LogP contribution is 2.51. The van der Waals surface area contributed by atoms with Crippen LogP contribution in [0.4, 0.5) is 32.0 Å². The van der Waals surface area contributed by atoms with Crippen molar-refractivity contribution >= 4 is 51.7 Å². The van der Waals surface area contributed by atoms with Crippen molar-refractivity contribution in [2.75, 3.05) is 25.2 Å². The molecule has 7 rings (SSSR count). The van der Waals surface area contributed by atoms with Gasteiger partial charge >= 0.3 is 12.4 Å². The van der Waals surface area contributed by atoms with E-state index in [1.165, 1.54) is 7.11 Å². The predicted molar refractivity (Wildman–Crippen MR) is 201 cm³/mol. The number of benzene rings is 3. The molecular weight excluding hydrogens is 857 g/mol. The lowest BCUT2D eigenvalue weighted by Gasteiger charge is -2.31. The minimum Gasteiger partial charge on any atom is -0.504 e. The highest BCUT2D eigenvalue weighted by atomic mass is 127. The SMILES string of the molecule is COc1cc(/C=C(/CC[C@H]2OC[C@H]3C2=C(COc2ccccc2)C[C@H]2C(=O)N(c4cc(C(F)(F)F)cc(C(F)(F)F)c4)C(=O)[C@H]23)c2ccccn2)cc(I)c1O. The number of carbonyl (C=O) groups is 2. The lowest BCUT2D eigenvalue weighted by Crippen LogP contribution is -2.35. The fourth-order valence-corrected chi connectivity index (χ4v) is 8.39. The first-order valence-corrected chi connectivity index (χ1v) is 18.6. The summed E-state index contributed by atoms with van der Waals surface area (Å²) < 4.78 is 101. The van der Waals surface area contributed by atoms with Gasteiger partial charge in [0.25, 0.3) is 0 Å². The Hall–Kier alpha value is -4.90. The summed E-state index contributed by atoms with van der Waals surface area (Å²) in [4.78, 5) is 33.2. The first-order valence-electron chi connectivity index (χ1n) is 17.5. The molecule has 8 nitrogen and oxygen atoms in total. The van der Waals surface area contributed by atoms with Crippen LogP contribution in [0.3, 0.4) is 0 Å². The largest absolute Gasteiger partial charge is 0.504 e. The molecule has 15 heteroatoms. The molecule has 1 aliphatic carbocycles. The number of allylic oxidation sites excluding steroid dienone is 1. The Morgan fingerprint density at radius 1 is 0.946 bits per heavy atom. The predicted octanol–water partition coefficient (Wildman–Crippen LogP) is 9.36. The first kappa shape index (κ1) is 39.3. The molecule has 4 aromatic rings. The van der Waals surface area contributed by atoms with Gasteiger partial charge in [0.15, 0.2) is 11.5 Å². The van der Waals surface area contributed by atoms with Crippen molar-refractivity contribution in [2.24, 2.45) is 17.8 Å². The van der Waals surface area contributed by atoms with Gasteiger partial charge in [0.2, 0.25) is 11.8 Å². The van der Waals surface area contributed by atoms with Crippen LogP contribution >= 0.6 is 22.6 Å². The maximum Gasteiger partial charge on any atom is 0.416 e. The average molecular weight is 891 g/mol. The van der Waals surface area contributed by atoms with E-state index in [0.717, 1.165) is 16.7 Å². The molecule has 0 bridgehead atoms. The van der Waals surface area contributed by atoms with E-state index in [2.05, 4.69) is 4.98 Å². The molecule has 1 N–H and O–H groups in total. The summed E-state index contributed by atoms with van der Waals surface area (Å²) in [6, 6.07) is 18.6. The Morgan fingerprint density at radius 3 is 2.29 bits per heavy atom. The molecule has 3 heterocycles. The molecule has 3 aromatic carbocycles. The quantitative estimate of drug-likeness (QED) is 0.0734. The lowest BCUT2D eigenvalue weighted by atomic mass is 9.69. The van der Waals surface area contributed by atoms with Crippen LogP contribution in [0.15, 0.2) is 96.2 Å². The minimum absolute atomic E-state index is 0.00472. The van der Waals surface area contributed by atoms with E-state index in [-0.39, 0.29) is 31.5 Å². The molecule has 2 fully saturated rings. The van der Waals surface area contributed by atoms with Crippen molar-refractivity contribution in [1.82, 2.24) is 4.98 Å². The van der Waals surface area contributed by atoms with Crippen molar-refractivity contribution in [3.8, 4) is 17.2 Å². The van der Waals surface area contributed by atoms with Gasteiger partial charge in [-0.05, 0) is 125 Å². The minimum atomic E-state index is -5.17. The summed E-state index contributed by atoms with van der Waals surface area (Å²) in [6.45, 7) is 0.00605. The van der Waals surface area contributed by atoms with E-state index in [1.807, 2.05) is 46.9 Å². The Bertz CT molecular complexity index is 2180. The molecule has 2 saturated heterocycles. The van der Waals surface area contributed by atoms with Gasteiger partial charge in [0.05, 0.1) is 57.7 Å². The molecule has 0 spiro atoms. The van der Waals surface area contributed by atoms with Gasteiger partial charge in [-0.1, -0.05) is 24.3 Å². The number of methoxy groups -OCH3 is 1. The number of aromatic hydroxyl groups is 1. The van der Waals surface area contributed by atoms with Crippen LogP contribution in [-0.2, 0) is 26.7 Å². The number of pyridine rings is 1. The highest BCUT2D eigenvalue weighted by molar-refractivity contribution is 14.1. The molecule has 56 heavy (non-hydrogen) atoms. The smallest absolute Gasteiger partial charge is 0.416 e. The number of phenolic OH excluding ortho intramolecular Hbond substituents is 1. The van der Waals surface area contributed by atoms with Gasteiger partial charge in [0.1, 0.15) is 12.4 Å². The zero-order chi connectivity index (χ0) is 39.9. The first-order chi connectivity index (χ1) is 26.6. The van der Waals surface area contributed by atoms with Crippen LogP contribution in [0.5, 0.6) is 17.2 Å². The van der Waals surface area contributed by atoms with Gasteiger partial charge in [-0.3, -0.25) is 14.6 Å². The number of nitrogens with zero attached hydrogens (tertiary/aromatic N) is 2. The number of carbonyl (C=O) groups excluding carboxylic acids is 2. The number of amides is 2. The van der Waals surface area contributed by atoms with Crippen LogP contribution in [0.2, 0.25) is 0 Å². The van der Waals surface area contributed by atoms with Crippen LogP contribution in [-0.4, -0.2) is 48.3 Å². The lowest BCUT2D eigenvalue weighted by molar-refractivity contribution is -0.143. The van der Waals surface area contributed by atoms with Gasteiger partial charge in [-0.25, -0.2) is 4.90 Å². The average Bonchev–Trinajstić information content (AvgIpc) is 3.70. The Labute approximate surface area is 330 Å². The normalized spacial score (nSPS) is 21.4. The molecule has 0 unspecified atom stereocenters. The van der Waals surface area contributed by atoms with Crippen LogP contribution in [0.1, 0.15) is 41.6 Å². The maximum absolute atomic E-state index is 14.2. The van der Waals surface area contributed by atoms with E-state index in [1.54, 1.807) is 48.7 Å². The molecular formula is C41H33F6IN2O6. The molecule has 0 saturated carbocycles. The summed E-state index contributed by atoms with van der Waals surface area (Å²) in [5.74, 6) is -3.76. The summed E-state index contributed by atoms with van der Waals surface area (Å²) in [5, 5.41) is 10.4. The molecule has 4 atom stereocenters. The summed E-state index contributed by atoms with van der Waals surface area (Å²) in [5.41, 5.74) is -0.406.